The maximum Gasteiger partial charge on any atom is 0.266 e. The third-order valence-corrected chi connectivity index (χ3v) is 6.65. The third kappa shape index (κ3) is 5.55. The molecule has 0 spiro atoms. The molecule has 4 rings (SSSR count). The summed E-state index contributed by atoms with van der Waals surface area (Å²) in [5.74, 6) is 1.85. The second kappa shape index (κ2) is 10.8. The van der Waals surface area contributed by atoms with E-state index in [0.29, 0.717) is 47.7 Å². The highest BCUT2D eigenvalue weighted by Crippen LogP contribution is 2.40. The first-order valence-corrected chi connectivity index (χ1v) is 11.7. The van der Waals surface area contributed by atoms with E-state index >= 15 is 0 Å². The van der Waals surface area contributed by atoms with Gasteiger partial charge in [0.2, 0.25) is 0 Å². The van der Waals surface area contributed by atoms with Gasteiger partial charge in [-0.25, -0.2) is 4.98 Å². The molecule has 1 aromatic heterocycles. The number of aromatic nitrogens is 1. The summed E-state index contributed by atoms with van der Waals surface area (Å²) in [5.41, 5.74) is 1.82. The molecule has 0 bridgehead atoms. The van der Waals surface area contributed by atoms with Crippen molar-refractivity contribution in [3.8, 4) is 17.2 Å². The van der Waals surface area contributed by atoms with E-state index in [2.05, 4.69) is 4.90 Å². The van der Waals surface area contributed by atoms with Crippen LogP contribution in [0.2, 0.25) is 0 Å². The van der Waals surface area contributed by atoms with Crippen molar-refractivity contribution in [1.82, 2.24) is 9.88 Å². The van der Waals surface area contributed by atoms with E-state index in [1.54, 1.807) is 19.1 Å². The van der Waals surface area contributed by atoms with E-state index in [0.717, 1.165) is 29.9 Å². The Bertz CT molecular complexity index is 1040. The molecule has 1 aliphatic heterocycles. The van der Waals surface area contributed by atoms with Gasteiger partial charge in [-0.05, 0) is 31.2 Å². The predicted molar refractivity (Wildman–Crippen MR) is 129 cm³/mol. The Labute approximate surface area is 197 Å². The summed E-state index contributed by atoms with van der Waals surface area (Å²) in [5, 5.41) is 0.596. The van der Waals surface area contributed by atoms with Crippen molar-refractivity contribution in [1.29, 1.82) is 0 Å². The smallest absolute Gasteiger partial charge is 0.266 e. The zero-order valence-electron chi connectivity index (χ0n) is 19.2. The van der Waals surface area contributed by atoms with Crippen LogP contribution in [0.25, 0.3) is 10.2 Å². The van der Waals surface area contributed by atoms with E-state index in [1.807, 2.05) is 43.3 Å². The van der Waals surface area contributed by atoms with Crippen molar-refractivity contribution in [3.05, 3.63) is 42.0 Å². The van der Waals surface area contributed by atoms with E-state index in [4.69, 9.17) is 23.9 Å². The van der Waals surface area contributed by atoms with Crippen LogP contribution in [0.15, 0.2) is 36.4 Å². The van der Waals surface area contributed by atoms with Crippen LogP contribution in [0, 0.1) is 6.92 Å². The molecule has 0 aliphatic carbocycles. The van der Waals surface area contributed by atoms with Crippen LogP contribution in [-0.4, -0.2) is 76.0 Å². The van der Waals surface area contributed by atoms with E-state index in [-0.39, 0.29) is 12.5 Å². The summed E-state index contributed by atoms with van der Waals surface area (Å²) in [6, 6.07) is 11.3. The summed E-state index contributed by atoms with van der Waals surface area (Å²) in [4.78, 5) is 22.1. The van der Waals surface area contributed by atoms with Gasteiger partial charge in [0.15, 0.2) is 11.7 Å². The summed E-state index contributed by atoms with van der Waals surface area (Å²) >= 11 is 1.41. The van der Waals surface area contributed by atoms with Crippen molar-refractivity contribution in [2.24, 2.45) is 0 Å². The average molecular weight is 472 g/mol. The van der Waals surface area contributed by atoms with Gasteiger partial charge in [-0.3, -0.25) is 14.6 Å². The van der Waals surface area contributed by atoms with Crippen molar-refractivity contribution < 1.29 is 23.7 Å². The second-order valence-electron chi connectivity index (χ2n) is 7.75. The minimum absolute atomic E-state index is 0.0730. The van der Waals surface area contributed by atoms with Crippen LogP contribution in [0.1, 0.15) is 5.56 Å². The Balaban J connectivity index is 1.58. The lowest BCUT2D eigenvalue weighted by Gasteiger charge is -2.29. The molecule has 2 heterocycles. The van der Waals surface area contributed by atoms with Gasteiger partial charge in [-0.1, -0.05) is 29.0 Å². The topological polar surface area (TPSA) is 73.4 Å². The number of hydrogen-bond acceptors (Lipinski definition) is 8. The monoisotopic (exact) mass is 471 g/mol. The Hall–Kier alpha value is -2.88. The van der Waals surface area contributed by atoms with Gasteiger partial charge in [0.1, 0.15) is 27.5 Å². The first-order valence-electron chi connectivity index (χ1n) is 10.9. The molecule has 176 valence electrons. The highest BCUT2D eigenvalue weighted by atomic mass is 32.1. The standard InChI is InChI=1S/C24H29N3O5S/c1-17-4-6-18(7-5-17)32-16-21(28)27(11-10-26-12-14-31-15-13-26)24-25-22-19(29-2)8-9-20(30-3)23(22)33-24/h4-9H,10-16H2,1-3H3. The zero-order chi connectivity index (χ0) is 23.2. The van der Waals surface area contributed by atoms with Crippen molar-refractivity contribution in [2.45, 2.75) is 6.92 Å². The first-order chi connectivity index (χ1) is 16.1. The highest BCUT2D eigenvalue weighted by molar-refractivity contribution is 7.22. The maximum atomic E-state index is 13.3. The SMILES string of the molecule is COc1ccc(OC)c2sc(N(CCN3CCOCC3)C(=O)COc3ccc(C)cc3)nc12. The number of fused-ring (bicyclic) bond motifs is 1. The van der Waals surface area contributed by atoms with Crippen LogP contribution >= 0.6 is 11.3 Å². The van der Waals surface area contributed by atoms with Gasteiger partial charge in [0.25, 0.3) is 5.91 Å². The number of nitrogens with zero attached hydrogens (tertiary/aromatic N) is 3. The summed E-state index contributed by atoms with van der Waals surface area (Å²) in [7, 11) is 3.23. The van der Waals surface area contributed by atoms with Crippen LogP contribution < -0.4 is 19.1 Å². The van der Waals surface area contributed by atoms with Crippen molar-refractivity contribution in [3.63, 3.8) is 0 Å². The molecule has 0 radical (unpaired) electrons. The minimum Gasteiger partial charge on any atom is -0.495 e. The normalized spacial score (nSPS) is 14.3. The molecule has 9 heteroatoms. The van der Waals surface area contributed by atoms with E-state index in [1.165, 1.54) is 11.3 Å². The van der Waals surface area contributed by atoms with Crippen LogP contribution in [0.5, 0.6) is 17.2 Å². The molecule has 1 amide bonds. The molecule has 1 aliphatic rings. The summed E-state index contributed by atoms with van der Waals surface area (Å²) < 4.78 is 23.1. The Morgan fingerprint density at radius 3 is 2.48 bits per heavy atom. The molecular formula is C24H29N3O5S. The zero-order valence-corrected chi connectivity index (χ0v) is 20.0. The Kier molecular flexibility index (Phi) is 7.64. The number of carbonyl (C=O) groups is 1. The molecule has 0 N–H and O–H groups in total. The maximum absolute atomic E-state index is 13.3. The number of carbonyl (C=O) groups excluding carboxylic acids is 1. The van der Waals surface area contributed by atoms with E-state index < -0.39 is 0 Å². The lowest BCUT2D eigenvalue weighted by Crippen LogP contribution is -2.44. The molecular weight excluding hydrogens is 442 g/mol. The number of rotatable bonds is 9. The number of benzene rings is 2. The van der Waals surface area contributed by atoms with Gasteiger partial charge in [-0.15, -0.1) is 0 Å². The highest BCUT2D eigenvalue weighted by Gasteiger charge is 2.24. The predicted octanol–water partition coefficient (Wildman–Crippen LogP) is 3.37. The minimum atomic E-state index is -0.152. The van der Waals surface area contributed by atoms with Gasteiger partial charge >= 0.3 is 0 Å². The van der Waals surface area contributed by atoms with Gasteiger partial charge < -0.3 is 18.9 Å². The molecule has 2 aromatic carbocycles. The Morgan fingerprint density at radius 2 is 1.79 bits per heavy atom. The second-order valence-corrected chi connectivity index (χ2v) is 8.72. The fourth-order valence-corrected chi connectivity index (χ4v) is 4.76. The molecule has 0 atom stereocenters. The first kappa shape index (κ1) is 23.3. The number of methoxy groups -OCH3 is 2. The number of aryl methyl sites for hydroxylation is 1. The van der Waals surface area contributed by atoms with E-state index in [9.17, 15) is 4.79 Å². The van der Waals surface area contributed by atoms with Crippen LogP contribution in [0.3, 0.4) is 0 Å². The number of morpholine rings is 1. The molecule has 1 fully saturated rings. The molecule has 33 heavy (non-hydrogen) atoms. The molecule has 0 unspecified atom stereocenters. The summed E-state index contributed by atoms with van der Waals surface area (Å²) in [6.07, 6.45) is 0. The van der Waals surface area contributed by atoms with Crippen molar-refractivity contribution >= 4 is 32.6 Å². The largest absolute Gasteiger partial charge is 0.495 e. The number of thiazole rings is 1. The lowest BCUT2D eigenvalue weighted by molar-refractivity contribution is -0.120. The molecule has 3 aromatic rings. The number of anilines is 1. The van der Waals surface area contributed by atoms with Gasteiger partial charge in [-0.2, -0.15) is 0 Å². The quantitative estimate of drug-likeness (QED) is 0.474. The fourth-order valence-electron chi connectivity index (χ4n) is 3.64. The molecule has 0 saturated carbocycles. The fraction of sp³-hybridized carbons (Fsp3) is 0.417. The van der Waals surface area contributed by atoms with Crippen molar-refractivity contribution in [2.75, 3.05) is 65.1 Å². The number of hydrogen-bond donors (Lipinski definition) is 0. The molecule has 8 nitrogen and oxygen atoms in total. The third-order valence-electron chi connectivity index (χ3n) is 5.56. The average Bonchev–Trinajstić information content (AvgIpc) is 3.29. The number of amides is 1. The number of ether oxygens (including phenoxy) is 4. The molecule has 1 saturated heterocycles. The lowest BCUT2D eigenvalue weighted by atomic mass is 10.2. The van der Waals surface area contributed by atoms with Crippen LogP contribution in [-0.2, 0) is 9.53 Å². The Morgan fingerprint density at radius 1 is 1.09 bits per heavy atom. The summed E-state index contributed by atoms with van der Waals surface area (Å²) in [6.45, 7) is 6.28. The van der Waals surface area contributed by atoms with Gasteiger partial charge in [0, 0.05) is 26.2 Å². The van der Waals surface area contributed by atoms with Gasteiger partial charge in [0.05, 0.1) is 27.4 Å². The van der Waals surface area contributed by atoms with Crippen LogP contribution in [0.4, 0.5) is 5.13 Å².